The van der Waals surface area contributed by atoms with Crippen LogP contribution in [0.15, 0.2) is 54.6 Å². The van der Waals surface area contributed by atoms with Crippen LogP contribution in [0.1, 0.15) is 38.5 Å². The van der Waals surface area contributed by atoms with E-state index in [1.807, 2.05) is 6.07 Å². The van der Waals surface area contributed by atoms with Crippen molar-refractivity contribution in [2.75, 3.05) is 61.1 Å². The lowest BCUT2D eigenvalue weighted by Crippen LogP contribution is -2.21. The van der Waals surface area contributed by atoms with Crippen molar-refractivity contribution < 1.29 is 4.74 Å². The monoisotopic (exact) mass is 501 g/mol. The lowest BCUT2D eigenvalue weighted by molar-refractivity contribution is 0.416. The van der Waals surface area contributed by atoms with E-state index < -0.39 is 0 Å². The predicted molar refractivity (Wildman–Crippen MR) is 153 cm³/mol. The van der Waals surface area contributed by atoms with Crippen LogP contribution < -0.4 is 19.4 Å². The van der Waals surface area contributed by atoms with Gasteiger partial charge >= 0.3 is 0 Å². The summed E-state index contributed by atoms with van der Waals surface area (Å²) >= 11 is 6.52. The van der Waals surface area contributed by atoms with Crippen molar-refractivity contribution in [3.05, 3.63) is 59.6 Å². The molecule has 4 nitrogen and oxygen atoms in total. The molecule has 5 heteroatoms. The Balaban J connectivity index is 1.50. The molecule has 0 amide bonds. The smallest absolute Gasteiger partial charge is 0.127 e. The average molecular weight is 502 g/mol. The fourth-order valence-corrected chi connectivity index (χ4v) is 6.36. The molecule has 0 radical (unpaired) electrons. The van der Waals surface area contributed by atoms with Gasteiger partial charge in [0.2, 0.25) is 0 Å². The van der Waals surface area contributed by atoms with E-state index in [1.165, 1.54) is 77.8 Å². The molecule has 0 saturated carbocycles. The van der Waals surface area contributed by atoms with E-state index in [2.05, 4.69) is 63.2 Å². The third-order valence-corrected chi connectivity index (χ3v) is 8.32. The maximum atomic E-state index is 6.52. The molecular weight excluding hydrogens is 466 g/mol. The first kappa shape index (κ1) is 23.5. The first-order valence-electron chi connectivity index (χ1n) is 13.6. The minimum absolute atomic E-state index is 0.797. The van der Waals surface area contributed by atoms with Gasteiger partial charge < -0.3 is 19.4 Å². The Hall–Kier alpha value is -2.85. The lowest BCUT2D eigenvalue weighted by atomic mass is 9.94. The largest absolute Gasteiger partial charge is 0.496 e. The van der Waals surface area contributed by atoms with E-state index in [0.29, 0.717) is 0 Å². The van der Waals surface area contributed by atoms with E-state index in [-0.39, 0.29) is 0 Å². The van der Waals surface area contributed by atoms with Crippen LogP contribution in [0.4, 0.5) is 17.1 Å². The van der Waals surface area contributed by atoms with Gasteiger partial charge in [0.05, 0.1) is 7.11 Å². The number of methoxy groups -OCH3 is 1. The van der Waals surface area contributed by atoms with Gasteiger partial charge in [0, 0.05) is 78.0 Å². The summed E-state index contributed by atoms with van der Waals surface area (Å²) in [6, 6.07) is 20.0. The SMILES string of the molecule is COc1cc(-c2ccc(Cl)cc2N2CCCC2)c(N2CCCC2)cc1-c1cccc(N2CCCC2)c1. The van der Waals surface area contributed by atoms with Gasteiger partial charge in [-0.15, -0.1) is 0 Å². The van der Waals surface area contributed by atoms with Gasteiger partial charge in [0.1, 0.15) is 5.75 Å². The summed E-state index contributed by atoms with van der Waals surface area (Å²) in [5, 5.41) is 0.797. The molecule has 0 spiro atoms. The summed E-state index contributed by atoms with van der Waals surface area (Å²) in [7, 11) is 1.80. The van der Waals surface area contributed by atoms with Crippen LogP contribution in [0.2, 0.25) is 5.02 Å². The molecule has 3 fully saturated rings. The van der Waals surface area contributed by atoms with E-state index in [9.17, 15) is 0 Å². The van der Waals surface area contributed by atoms with Gasteiger partial charge in [-0.05, 0) is 80.5 Å². The average Bonchev–Trinajstić information content (AvgIpc) is 3.72. The van der Waals surface area contributed by atoms with E-state index >= 15 is 0 Å². The lowest BCUT2D eigenvalue weighted by Gasteiger charge is -2.28. The molecule has 6 rings (SSSR count). The molecule has 36 heavy (non-hydrogen) atoms. The zero-order chi connectivity index (χ0) is 24.5. The summed E-state index contributed by atoms with van der Waals surface area (Å²) in [6.07, 6.45) is 7.51. The van der Waals surface area contributed by atoms with E-state index in [4.69, 9.17) is 16.3 Å². The maximum absolute atomic E-state index is 6.52. The van der Waals surface area contributed by atoms with Gasteiger partial charge in [0.15, 0.2) is 0 Å². The highest BCUT2D eigenvalue weighted by Gasteiger charge is 2.25. The Labute approximate surface area is 220 Å². The zero-order valence-corrected chi connectivity index (χ0v) is 22.1. The summed E-state index contributed by atoms with van der Waals surface area (Å²) in [6.45, 7) is 6.66. The third kappa shape index (κ3) is 4.52. The predicted octanol–water partition coefficient (Wildman–Crippen LogP) is 7.48. The molecule has 3 aromatic carbocycles. The van der Waals surface area contributed by atoms with Gasteiger partial charge in [-0.1, -0.05) is 29.8 Å². The van der Waals surface area contributed by atoms with Crippen LogP contribution in [0, 0.1) is 0 Å². The highest BCUT2D eigenvalue weighted by Crippen LogP contribution is 2.46. The van der Waals surface area contributed by atoms with Crippen molar-refractivity contribution in [1.82, 2.24) is 0 Å². The Morgan fingerprint density at radius 3 is 1.86 bits per heavy atom. The first-order valence-corrected chi connectivity index (χ1v) is 14.0. The van der Waals surface area contributed by atoms with E-state index in [1.54, 1.807) is 7.11 Å². The van der Waals surface area contributed by atoms with E-state index in [0.717, 1.165) is 50.0 Å². The number of hydrogen-bond acceptors (Lipinski definition) is 4. The second-order valence-corrected chi connectivity index (χ2v) is 10.8. The number of rotatable bonds is 6. The van der Waals surface area contributed by atoms with Crippen LogP contribution in [0.5, 0.6) is 5.75 Å². The van der Waals surface area contributed by atoms with Crippen LogP contribution in [-0.2, 0) is 0 Å². The highest BCUT2D eigenvalue weighted by atomic mass is 35.5. The second-order valence-electron chi connectivity index (χ2n) is 10.4. The molecule has 188 valence electrons. The maximum Gasteiger partial charge on any atom is 0.127 e. The second kappa shape index (κ2) is 10.3. The minimum atomic E-state index is 0.797. The molecule has 0 unspecified atom stereocenters. The fourth-order valence-electron chi connectivity index (χ4n) is 6.20. The van der Waals surface area contributed by atoms with Crippen LogP contribution >= 0.6 is 11.6 Å². The molecule has 3 aromatic rings. The van der Waals surface area contributed by atoms with Crippen molar-refractivity contribution in [3.8, 4) is 28.0 Å². The number of anilines is 3. The summed E-state index contributed by atoms with van der Waals surface area (Å²) in [4.78, 5) is 7.56. The molecule has 3 aliphatic heterocycles. The van der Waals surface area contributed by atoms with Gasteiger partial charge in [-0.3, -0.25) is 0 Å². The highest BCUT2D eigenvalue weighted by molar-refractivity contribution is 6.31. The van der Waals surface area contributed by atoms with Gasteiger partial charge in [-0.2, -0.15) is 0 Å². The summed E-state index contributed by atoms with van der Waals surface area (Å²) in [5.41, 5.74) is 8.74. The van der Waals surface area contributed by atoms with Crippen LogP contribution in [0.25, 0.3) is 22.3 Å². The third-order valence-electron chi connectivity index (χ3n) is 8.09. The van der Waals surface area contributed by atoms with Crippen molar-refractivity contribution in [3.63, 3.8) is 0 Å². The van der Waals surface area contributed by atoms with Crippen molar-refractivity contribution >= 4 is 28.7 Å². The van der Waals surface area contributed by atoms with Crippen molar-refractivity contribution in [1.29, 1.82) is 0 Å². The Kier molecular flexibility index (Phi) is 6.71. The Morgan fingerprint density at radius 2 is 1.22 bits per heavy atom. The molecule has 3 saturated heterocycles. The molecule has 0 N–H and O–H groups in total. The number of benzene rings is 3. The zero-order valence-electron chi connectivity index (χ0n) is 21.3. The summed E-state index contributed by atoms with van der Waals surface area (Å²) in [5.74, 6) is 0.925. The Morgan fingerprint density at radius 1 is 0.611 bits per heavy atom. The molecule has 3 heterocycles. The number of hydrogen-bond donors (Lipinski definition) is 0. The standard InChI is InChI=1S/C31H36ClN3O/c1-36-31-22-28(26-12-11-24(32)20-29(26)34-15-4-5-16-34)30(35-17-6-7-18-35)21-27(31)23-9-8-10-25(19-23)33-13-2-3-14-33/h8-12,19-22H,2-7,13-18H2,1H3. The normalized spacial score (nSPS) is 17.9. The van der Waals surface area contributed by atoms with Crippen LogP contribution in [-0.4, -0.2) is 46.4 Å². The van der Waals surface area contributed by atoms with Gasteiger partial charge in [-0.25, -0.2) is 0 Å². The van der Waals surface area contributed by atoms with Crippen molar-refractivity contribution in [2.24, 2.45) is 0 Å². The topological polar surface area (TPSA) is 19.0 Å². The summed E-state index contributed by atoms with van der Waals surface area (Å²) < 4.78 is 6.06. The Bertz CT molecular complexity index is 1220. The molecule has 0 aliphatic carbocycles. The number of halogens is 1. The first-order chi connectivity index (χ1) is 17.7. The number of nitrogens with zero attached hydrogens (tertiary/aromatic N) is 3. The molecule has 0 bridgehead atoms. The molecular formula is C31H36ClN3O. The minimum Gasteiger partial charge on any atom is -0.496 e. The van der Waals surface area contributed by atoms with Crippen molar-refractivity contribution in [2.45, 2.75) is 38.5 Å². The quantitative estimate of drug-likeness (QED) is 0.348. The molecule has 0 aromatic heterocycles. The van der Waals surface area contributed by atoms with Crippen LogP contribution in [0.3, 0.4) is 0 Å². The fraction of sp³-hybridized carbons (Fsp3) is 0.419. The van der Waals surface area contributed by atoms with Gasteiger partial charge in [0.25, 0.3) is 0 Å². The molecule has 0 atom stereocenters. The molecule has 3 aliphatic rings. The number of ether oxygens (including phenoxy) is 1.